The largest absolute Gasteiger partial charge is 0.326 e. The van der Waals surface area contributed by atoms with Crippen LogP contribution in [0.5, 0.6) is 0 Å². The first kappa shape index (κ1) is 31.8. The van der Waals surface area contributed by atoms with Crippen LogP contribution in [0.3, 0.4) is 0 Å². The van der Waals surface area contributed by atoms with Crippen LogP contribution >= 0.6 is 0 Å². The van der Waals surface area contributed by atoms with E-state index in [-0.39, 0.29) is 28.0 Å². The predicted molar refractivity (Wildman–Crippen MR) is 169 cm³/mol. The molecule has 1 aliphatic rings. The third-order valence-corrected chi connectivity index (χ3v) is 9.83. The van der Waals surface area contributed by atoms with Crippen molar-refractivity contribution < 1.29 is 26.4 Å². The lowest BCUT2D eigenvalue weighted by Gasteiger charge is -2.26. The van der Waals surface area contributed by atoms with Gasteiger partial charge in [0.1, 0.15) is 0 Å². The summed E-state index contributed by atoms with van der Waals surface area (Å²) in [6, 6.07) is 17.3. The van der Waals surface area contributed by atoms with Crippen molar-refractivity contribution in [3.05, 3.63) is 83.4 Å². The number of amides is 3. The third-order valence-electron chi connectivity index (χ3n) is 7.64. The summed E-state index contributed by atoms with van der Waals surface area (Å²) in [5.41, 5.74) is 2.82. The fourth-order valence-corrected chi connectivity index (χ4v) is 6.68. The van der Waals surface area contributed by atoms with Gasteiger partial charge in [-0.15, -0.1) is 5.10 Å². The number of urea groups is 1. The molecule has 1 heterocycles. The second kappa shape index (κ2) is 13.2. The number of aromatic nitrogens is 4. The molecule has 0 radical (unpaired) electrons. The quantitative estimate of drug-likeness (QED) is 0.234. The number of nitrogens with zero attached hydrogens (tertiary/aromatic N) is 4. The van der Waals surface area contributed by atoms with Gasteiger partial charge in [-0.25, -0.2) is 21.6 Å². The summed E-state index contributed by atoms with van der Waals surface area (Å²) in [6.07, 6.45) is 7.78. The van der Waals surface area contributed by atoms with Crippen LogP contribution in [-0.4, -0.2) is 61.9 Å². The first-order chi connectivity index (χ1) is 21.4. The van der Waals surface area contributed by atoms with Crippen molar-refractivity contribution in [2.75, 3.05) is 28.0 Å². The molecule has 236 valence electrons. The van der Waals surface area contributed by atoms with Crippen LogP contribution in [0.4, 0.5) is 22.1 Å². The number of hydrogen-bond acceptors (Lipinski definition) is 9. The fourth-order valence-electron chi connectivity index (χ4n) is 5.24. The topological polar surface area (TPSA) is 184 Å². The maximum Gasteiger partial charge on any atom is 0.326 e. The van der Waals surface area contributed by atoms with Crippen molar-refractivity contribution in [3.63, 3.8) is 0 Å². The number of anilines is 3. The zero-order valence-electron chi connectivity index (χ0n) is 24.7. The van der Waals surface area contributed by atoms with Gasteiger partial charge >= 0.3 is 6.03 Å². The number of H-pyrrole nitrogens is 1. The monoisotopic (exact) mass is 651 g/mol. The van der Waals surface area contributed by atoms with E-state index in [1.165, 1.54) is 41.9 Å². The summed E-state index contributed by atoms with van der Waals surface area (Å²) in [7, 11) is -7.57. The Morgan fingerprint density at radius 3 is 2.02 bits per heavy atom. The number of carbonyl (C=O) groups is 2. The minimum atomic E-state index is -3.78. The van der Waals surface area contributed by atoms with E-state index in [9.17, 15) is 26.4 Å². The van der Waals surface area contributed by atoms with Gasteiger partial charge in [-0.1, -0.05) is 48.6 Å². The number of rotatable bonds is 9. The number of tetrazole rings is 1. The Balaban J connectivity index is 1.43. The Hall–Kier alpha value is -4.63. The molecular formula is C30H33N7O6S2. The molecule has 0 saturated heterocycles. The van der Waals surface area contributed by atoms with Crippen LogP contribution in [0.25, 0.3) is 0 Å². The number of hydrogen-bond donors (Lipinski definition) is 3. The van der Waals surface area contributed by atoms with E-state index in [0.717, 1.165) is 31.4 Å². The highest BCUT2D eigenvalue weighted by molar-refractivity contribution is 7.91. The highest BCUT2D eigenvalue weighted by Crippen LogP contribution is 2.34. The van der Waals surface area contributed by atoms with E-state index in [1.807, 2.05) is 24.3 Å². The molecule has 0 aliphatic heterocycles. The molecule has 45 heavy (non-hydrogen) atoms. The van der Waals surface area contributed by atoms with Crippen LogP contribution in [0.15, 0.2) is 76.5 Å². The smallest absolute Gasteiger partial charge is 0.307 e. The zero-order chi connectivity index (χ0) is 32.2. The van der Waals surface area contributed by atoms with Gasteiger partial charge in [-0.05, 0) is 77.6 Å². The molecule has 0 spiro atoms. The molecule has 13 nitrogen and oxygen atoms in total. The third kappa shape index (κ3) is 8.10. The molecule has 1 fully saturated rings. The second-order valence-electron chi connectivity index (χ2n) is 11.1. The summed E-state index contributed by atoms with van der Waals surface area (Å²) in [6.45, 7) is 0.0893. The summed E-state index contributed by atoms with van der Waals surface area (Å²) in [5.74, 6) is 0.0558. The minimum absolute atomic E-state index is 0.0145. The molecule has 3 N–H and O–H groups in total. The lowest BCUT2D eigenvalue weighted by molar-refractivity contribution is 0.102. The average Bonchev–Trinajstić information content (AvgIpc) is 3.53. The van der Waals surface area contributed by atoms with Gasteiger partial charge in [0.15, 0.2) is 19.7 Å². The summed E-state index contributed by atoms with van der Waals surface area (Å²) < 4.78 is 49.3. The summed E-state index contributed by atoms with van der Waals surface area (Å²) in [4.78, 5) is 27.3. The van der Waals surface area contributed by atoms with Crippen LogP contribution < -0.4 is 15.5 Å². The van der Waals surface area contributed by atoms with Gasteiger partial charge < -0.3 is 5.32 Å². The Morgan fingerprint density at radius 1 is 0.844 bits per heavy atom. The number of sulfone groups is 2. The van der Waals surface area contributed by atoms with Crippen molar-refractivity contribution in [2.45, 2.75) is 54.4 Å². The fraction of sp³-hybridized carbons (Fsp3) is 0.300. The zero-order valence-corrected chi connectivity index (χ0v) is 26.4. The van der Waals surface area contributed by atoms with Crippen LogP contribution in [0, 0.1) is 0 Å². The number of benzene rings is 3. The van der Waals surface area contributed by atoms with E-state index in [0.29, 0.717) is 22.7 Å². The van der Waals surface area contributed by atoms with Crippen LogP contribution in [0.1, 0.15) is 59.5 Å². The van der Waals surface area contributed by atoms with Crippen LogP contribution in [-0.2, 0) is 26.2 Å². The summed E-state index contributed by atoms with van der Waals surface area (Å²) >= 11 is 0. The number of aromatic amines is 1. The van der Waals surface area contributed by atoms with Crippen molar-refractivity contribution in [1.82, 2.24) is 20.6 Å². The van der Waals surface area contributed by atoms with E-state index < -0.39 is 31.6 Å². The molecule has 0 atom stereocenters. The van der Waals surface area contributed by atoms with Gasteiger partial charge in [0.05, 0.1) is 16.3 Å². The van der Waals surface area contributed by atoms with E-state index in [4.69, 9.17) is 0 Å². The first-order valence-corrected chi connectivity index (χ1v) is 18.0. The standard InChI is InChI=1S/C30H33N7O6S2/c1-44(40,41)26-16-24(17-27(18-26)45(2,42)43)31-30(39)37(25-14-12-22(13-15-25)21-6-4-3-5-7-21)19-20-8-10-23(11-9-20)28(38)32-29-33-35-36-34-29/h8-18,21H,3-7,19H2,1-2H3,(H,31,39)(H2,32,33,34,35,36,38). The van der Waals surface area contributed by atoms with Gasteiger partial charge in [0.2, 0.25) is 0 Å². The minimum Gasteiger partial charge on any atom is -0.307 e. The molecule has 0 bridgehead atoms. The number of nitrogens with one attached hydrogen (secondary N) is 3. The van der Waals surface area contributed by atoms with E-state index in [1.54, 1.807) is 24.3 Å². The van der Waals surface area contributed by atoms with Crippen molar-refractivity contribution >= 4 is 48.9 Å². The molecule has 4 aromatic rings. The van der Waals surface area contributed by atoms with E-state index in [2.05, 4.69) is 31.3 Å². The Morgan fingerprint density at radius 2 is 1.47 bits per heavy atom. The SMILES string of the molecule is CS(=O)(=O)c1cc(NC(=O)N(Cc2ccc(C(=O)Nc3nn[nH]n3)cc2)c2ccc(C3CCCCC3)cc2)cc(S(C)(=O)=O)c1. The lowest BCUT2D eigenvalue weighted by Crippen LogP contribution is -2.34. The molecule has 3 amide bonds. The second-order valence-corrected chi connectivity index (χ2v) is 15.1. The summed E-state index contributed by atoms with van der Waals surface area (Å²) in [5, 5.41) is 18.3. The molecule has 1 aliphatic carbocycles. The maximum absolute atomic E-state index is 13.8. The van der Waals surface area contributed by atoms with Gasteiger partial charge in [-0.2, -0.15) is 5.21 Å². The molecule has 1 aromatic heterocycles. The molecule has 15 heteroatoms. The Bertz CT molecular complexity index is 1840. The highest BCUT2D eigenvalue weighted by Gasteiger charge is 2.22. The first-order valence-electron chi connectivity index (χ1n) is 14.2. The lowest BCUT2D eigenvalue weighted by atomic mass is 9.84. The van der Waals surface area contributed by atoms with Gasteiger partial charge in [0, 0.05) is 29.4 Å². The molecule has 5 rings (SSSR count). The van der Waals surface area contributed by atoms with Gasteiger partial charge in [0.25, 0.3) is 11.9 Å². The average molecular weight is 652 g/mol. The molecule has 1 saturated carbocycles. The highest BCUT2D eigenvalue weighted by atomic mass is 32.2. The van der Waals surface area contributed by atoms with E-state index >= 15 is 0 Å². The molecule has 3 aromatic carbocycles. The number of carbonyl (C=O) groups excluding carboxylic acids is 2. The predicted octanol–water partition coefficient (Wildman–Crippen LogP) is 4.55. The Kier molecular flexibility index (Phi) is 9.29. The van der Waals surface area contributed by atoms with Crippen molar-refractivity contribution in [2.24, 2.45) is 0 Å². The van der Waals surface area contributed by atoms with Crippen LogP contribution in [0.2, 0.25) is 0 Å². The van der Waals surface area contributed by atoms with Gasteiger partial charge in [-0.3, -0.25) is 15.0 Å². The van der Waals surface area contributed by atoms with Crippen molar-refractivity contribution in [3.8, 4) is 0 Å². The normalized spacial score (nSPS) is 14.1. The van der Waals surface area contributed by atoms with Crippen molar-refractivity contribution in [1.29, 1.82) is 0 Å². The maximum atomic E-state index is 13.8. The Labute approximate surface area is 261 Å². The molecular weight excluding hydrogens is 619 g/mol. The molecule has 0 unspecified atom stereocenters.